The van der Waals surface area contributed by atoms with Crippen molar-refractivity contribution < 1.29 is 14.3 Å². The van der Waals surface area contributed by atoms with Crippen molar-refractivity contribution in [2.45, 2.75) is 71.1 Å². The largest absolute Gasteiger partial charge is 0.376 e. The van der Waals surface area contributed by atoms with Crippen LogP contribution in [0.3, 0.4) is 0 Å². The van der Waals surface area contributed by atoms with Crippen molar-refractivity contribution in [2.75, 3.05) is 19.7 Å². The van der Waals surface area contributed by atoms with E-state index in [0.29, 0.717) is 31.8 Å². The van der Waals surface area contributed by atoms with Crippen LogP contribution >= 0.6 is 11.3 Å². The summed E-state index contributed by atoms with van der Waals surface area (Å²) in [6.07, 6.45) is 7.80. The van der Waals surface area contributed by atoms with Gasteiger partial charge in [-0.2, -0.15) is 0 Å². The number of carbonyl (C=O) groups is 2. The fourth-order valence-electron chi connectivity index (χ4n) is 4.90. The summed E-state index contributed by atoms with van der Waals surface area (Å²) < 4.78 is 5.86. The highest BCUT2D eigenvalue weighted by Gasteiger charge is 2.27. The van der Waals surface area contributed by atoms with Crippen molar-refractivity contribution >= 4 is 23.2 Å². The number of hydrogen-bond acceptors (Lipinski definition) is 4. The second-order valence-electron chi connectivity index (χ2n) is 10.1. The first-order valence-electron chi connectivity index (χ1n) is 14.0. The summed E-state index contributed by atoms with van der Waals surface area (Å²) in [4.78, 5) is 32.1. The van der Waals surface area contributed by atoms with E-state index in [1.165, 1.54) is 31.2 Å². The van der Waals surface area contributed by atoms with Gasteiger partial charge in [0.2, 0.25) is 5.91 Å². The Morgan fingerprint density at radius 1 is 0.895 bits per heavy atom. The van der Waals surface area contributed by atoms with Crippen LogP contribution in [-0.4, -0.2) is 47.4 Å². The van der Waals surface area contributed by atoms with Gasteiger partial charge in [0, 0.05) is 30.1 Å². The number of carbonyl (C=O) groups excluding carboxylic acids is 2. The second kappa shape index (κ2) is 14.8. The van der Waals surface area contributed by atoms with Gasteiger partial charge in [-0.05, 0) is 60.4 Å². The third-order valence-electron chi connectivity index (χ3n) is 7.08. The minimum absolute atomic E-state index is 0.0236. The number of hydrogen-bond donors (Lipinski definition) is 0. The first-order chi connectivity index (χ1) is 18.6. The average Bonchev–Trinajstić information content (AvgIpc) is 3.66. The van der Waals surface area contributed by atoms with Crippen LogP contribution < -0.4 is 0 Å². The Kier molecular flexibility index (Phi) is 11.0. The molecule has 2 aromatic carbocycles. The summed E-state index contributed by atoms with van der Waals surface area (Å²) in [5, 5.41) is 2.03. The molecule has 2 amide bonds. The van der Waals surface area contributed by atoms with Crippen molar-refractivity contribution in [1.29, 1.82) is 0 Å². The number of ether oxygens (including phenoxy) is 1. The summed E-state index contributed by atoms with van der Waals surface area (Å²) in [7, 11) is 0. The molecule has 1 saturated heterocycles. The number of rotatable bonds is 14. The van der Waals surface area contributed by atoms with Crippen LogP contribution in [0.2, 0.25) is 0 Å². The smallest absolute Gasteiger partial charge is 0.254 e. The van der Waals surface area contributed by atoms with Gasteiger partial charge in [-0.3, -0.25) is 9.59 Å². The van der Waals surface area contributed by atoms with Crippen LogP contribution in [-0.2, 0) is 29.0 Å². The van der Waals surface area contributed by atoms with E-state index in [1.807, 2.05) is 58.8 Å². The van der Waals surface area contributed by atoms with Crippen LogP contribution in [0.25, 0.3) is 0 Å². The summed E-state index contributed by atoms with van der Waals surface area (Å²) in [6, 6.07) is 22.0. The molecule has 0 radical (unpaired) electrons. The van der Waals surface area contributed by atoms with E-state index in [-0.39, 0.29) is 24.5 Å². The number of amides is 2. The highest BCUT2D eigenvalue weighted by molar-refractivity contribution is 7.09. The highest BCUT2D eigenvalue weighted by Crippen LogP contribution is 2.19. The Morgan fingerprint density at radius 3 is 2.39 bits per heavy atom. The van der Waals surface area contributed by atoms with Crippen molar-refractivity contribution in [2.24, 2.45) is 0 Å². The molecule has 0 N–H and O–H groups in total. The SMILES string of the molecule is CCCCCCc1ccc(C(=O)N(CC(=O)N(Cc2ccccc2)Cc2cccs2)C[C@H]2CCCO2)cc1. The Hall–Kier alpha value is -2.96. The molecule has 0 unspecified atom stereocenters. The standard InChI is InChI=1S/C32H40N2O3S/c1-2-3-4-6-11-26-16-18-28(19-17-26)32(36)34(23-29-14-9-20-37-29)25-31(35)33(24-30-15-10-21-38-30)22-27-12-7-5-8-13-27/h5,7-8,10,12-13,15-19,21,29H,2-4,6,9,11,14,20,22-25H2,1H3/t29-/m1/s1. The maximum Gasteiger partial charge on any atom is 0.254 e. The fraction of sp³-hybridized carbons (Fsp3) is 0.438. The van der Waals surface area contributed by atoms with Crippen molar-refractivity contribution in [3.8, 4) is 0 Å². The molecular weight excluding hydrogens is 492 g/mol. The molecule has 1 atom stereocenters. The molecule has 3 aromatic rings. The lowest BCUT2D eigenvalue weighted by atomic mass is 10.0. The van der Waals surface area contributed by atoms with Gasteiger partial charge in [0.25, 0.3) is 5.91 Å². The number of unbranched alkanes of at least 4 members (excludes halogenated alkanes) is 3. The van der Waals surface area contributed by atoms with Gasteiger partial charge >= 0.3 is 0 Å². The summed E-state index contributed by atoms with van der Waals surface area (Å²) >= 11 is 1.64. The average molecular weight is 533 g/mol. The van der Waals surface area contributed by atoms with E-state index in [4.69, 9.17) is 4.74 Å². The maximum atomic E-state index is 13.7. The predicted molar refractivity (Wildman–Crippen MR) is 154 cm³/mol. The predicted octanol–water partition coefficient (Wildman–Crippen LogP) is 6.72. The Labute approximate surface area is 231 Å². The normalized spacial score (nSPS) is 14.9. The van der Waals surface area contributed by atoms with Gasteiger partial charge in [-0.15, -0.1) is 11.3 Å². The summed E-state index contributed by atoms with van der Waals surface area (Å²) in [6.45, 7) is 4.44. The molecule has 0 aliphatic carbocycles. The molecule has 6 heteroatoms. The monoisotopic (exact) mass is 532 g/mol. The van der Waals surface area contributed by atoms with Gasteiger partial charge in [-0.25, -0.2) is 0 Å². The first-order valence-corrected chi connectivity index (χ1v) is 14.8. The molecule has 1 aromatic heterocycles. The van der Waals surface area contributed by atoms with Crippen molar-refractivity contribution in [3.05, 3.63) is 93.7 Å². The van der Waals surface area contributed by atoms with E-state index >= 15 is 0 Å². The Morgan fingerprint density at radius 2 is 1.71 bits per heavy atom. The Balaban J connectivity index is 1.47. The lowest BCUT2D eigenvalue weighted by Gasteiger charge is -2.29. The molecule has 38 heavy (non-hydrogen) atoms. The quantitative estimate of drug-likeness (QED) is 0.217. The second-order valence-corrected chi connectivity index (χ2v) is 11.2. The van der Waals surface area contributed by atoms with E-state index in [2.05, 4.69) is 25.1 Å². The third-order valence-corrected chi connectivity index (χ3v) is 7.94. The van der Waals surface area contributed by atoms with Crippen molar-refractivity contribution in [3.63, 3.8) is 0 Å². The summed E-state index contributed by atoms with van der Waals surface area (Å²) in [5.74, 6) is -0.164. The lowest BCUT2D eigenvalue weighted by Crippen LogP contribution is -2.45. The molecule has 0 bridgehead atoms. The van der Waals surface area contributed by atoms with Gasteiger partial charge in [0.1, 0.15) is 6.54 Å². The summed E-state index contributed by atoms with van der Waals surface area (Å²) in [5.41, 5.74) is 2.95. The molecule has 202 valence electrons. The minimum Gasteiger partial charge on any atom is -0.376 e. The molecule has 0 spiro atoms. The van der Waals surface area contributed by atoms with Gasteiger partial charge in [0.15, 0.2) is 0 Å². The molecule has 0 saturated carbocycles. The van der Waals surface area contributed by atoms with Gasteiger partial charge in [-0.1, -0.05) is 74.7 Å². The molecule has 1 fully saturated rings. The van der Waals surface area contributed by atoms with Crippen LogP contribution in [0.5, 0.6) is 0 Å². The van der Waals surface area contributed by atoms with E-state index in [0.717, 1.165) is 29.7 Å². The first kappa shape index (κ1) is 28.1. The van der Waals surface area contributed by atoms with E-state index < -0.39 is 0 Å². The zero-order valence-electron chi connectivity index (χ0n) is 22.5. The molecule has 1 aliphatic heterocycles. The fourth-order valence-corrected chi connectivity index (χ4v) is 5.62. The zero-order chi connectivity index (χ0) is 26.6. The van der Waals surface area contributed by atoms with Crippen LogP contribution in [0.4, 0.5) is 0 Å². The molecule has 2 heterocycles. The lowest BCUT2D eigenvalue weighted by molar-refractivity contribution is -0.133. The molecule has 5 nitrogen and oxygen atoms in total. The van der Waals surface area contributed by atoms with Gasteiger partial charge in [0.05, 0.1) is 12.6 Å². The number of benzene rings is 2. The molecular formula is C32H40N2O3S. The van der Waals surface area contributed by atoms with Gasteiger partial charge < -0.3 is 14.5 Å². The Bertz CT molecular complexity index is 1110. The molecule has 1 aliphatic rings. The van der Waals surface area contributed by atoms with Crippen LogP contribution in [0.15, 0.2) is 72.1 Å². The van der Waals surface area contributed by atoms with Crippen LogP contribution in [0.1, 0.15) is 71.8 Å². The van der Waals surface area contributed by atoms with E-state index in [1.54, 1.807) is 16.2 Å². The number of aryl methyl sites for hydroxylation is 1. The number of thiophene rings is 1. The van der Waals surface area contributed by atoms with Crippen LogP contribution in [0, 0.1) is 0 Å². The zero-order valence-corrected chi connectivity index (χ0v) is 23.3. The third kappa shape index (κ3) is 8.53. The maximum absolute atomic E-state index is 13.7. The highest BCUT2D eigenvalue weighted by atomic mass is 32.1. The minimum atomic E-state index is -0.109. The molecule has 4 rings (SSSR count). The number of nitrogens with zero attached hydrogens (tertiary/aromatic N) is 2. The van der Waals surface area contributed by atoms with Crippen molar-refractivity contribution in [1.82, 2.24) is 9.80 Å². The topological polar surface area (TPSA) is 49.9 Å². The van der Waals surface area contributed by atoms with E-state index in [9.17, 15) is 9.59 Å².